The highest BCUT2D eigenvalue weighted by Gasteiger charge is 2.05. The lowest BCUT2D eigenvalue weighted by molar-refractivity contribution is 0.151. The van der Waals surface area contributed by atoms with Gasteiger partial charge in [0, 0.05) is 24.5 Å². The number of hydrogen-bond acceptors (Lipinski definition) is 2. The quantitative estimate of drug-likeness (QED) is 0.807. The SMILES string of the molecule is FC(F)c1ccc(CNCCc2ccncc2)cc1. The van der Waals surface area contributed by atoms with Gasteiger partial charge >= 0.3 is 0 Å². The van der Waals surface area contributed by atoms with Crippen LogP contribution in [0.1, 0.15) is 23.1 Å². The van der Waals surface area contributed by atoms with Crippen molar-refractivity contribution in [1.29, 1.82) is 0 Å². The summed E-state index contributed by atoms with van der Waals surface area (Å²) in [5, 5.41) is 3.29. The zero-order chi connectivity index (χ0) is 13.5. The number of halogens is 2. The van der Waals surface area contributed by atoms with E-state index < -0.39 is 6.43 Å². The maximum Gasteiger partial charge on any atom is 0.263 e. The van der Waals surface area contributed by atoms with Crippen LogP contribution in [-0.2, 0) is 13.0 Å². The van der Waals surface area contributed by atoms with Crippen LogP contribution in [0.5, 0.6) is 0 Å². The van der Waals surface area contributed by atoms with E-state index in [0.29, 0.717) is 6.54 Å². The summed E-state index contributed by atoms with van der Waals surface area (Å²) in [5.41, 5.74) is 2.32. The van der Waals surface area contributed by atoms with Crippen molar-refractivity contribution in [2.24, 2.45) is 0 Å². The predicted octanol–water partition coefficient (Wildman–Crippen LogP) is 3.35. The molecule has 1 N–H and O–H groups in total. The average molecular weight is 262 g/mol. The van der Waals surface area contributed by atoms with Gasteiger partial charge in [0.2, 0.25) is 0 Å². The molecule has 0 bridgehead atoms. The van der Waals surface area contributed by atoms with Gasteiger partial charge in [-0.3, -0.25) is 4.98 Å². The van der Waals surface area contributed by atoms with Crippen LogP contribution in [0.2, 0.25) is 0 Å². The van der Waals surface area contributed by atoms with E-state index in [1.165, 1.54) is 17.7 Å². The molecule has 2 rings (SSSR count). The normalized spacial score (nSPS) is 10.9. The van der Waals surface area contributed by atoms with Gasteiger partial charge in [-0.05, 0) is 36.2 Å². The summed E-state index contributed by atoms with van der Waals surface area (Å²) >= 11 is 0. The van der Waals surface area contributed by atoms with Crippen LogP contribution >= 0.6 is 0 Å². The molecule has 1 heterocycles. The molecule has 0 radical (unpaired) electrons. The standard InChI is InChI=1S/C15H16F2N2/c16-15(17)14-3-1-13(2-4-14)11-19-10-7-12-5-8-18-9-6-12/h1-6,8-9,15,19H,7,10-11H2. The van der Waals surface area contributed by atoms with Crippen LogP contribution in [0.3, 0.4) is 0 Å². The van der Waals surface area contributed by atoms with E-state index in [1.54, 1.807) is 24.5 Å². The van der Waals surface area contributed by atoms with Crippen molar-refractivity contribution in [3.05, 3.63) is 65.5 Å². The number of pyridine rings is 1. The fraction of sp³-hybridized carbons (Fsp3) is 0.267. The first kappa shape index (κ1) is 13.6. The summed E-state index contributed by atoms with van der Waals surface area (Å²) in [6, 6.07) is 10.4. The van der Waals surface area contributed by atoms with Crippen LogP contribution in [0.25, 0.3) is 0 Å². The Morgan fingerprint density at radius 2 is 1.63 bits per heavy atom. The van der Waals surface area contributed by atoms with Crippen molar-refractivity contribution in [3.63, 3.8) is 0 Å². The smallest absolute Gasteiger partial charge is 0.263 e. The Morgan fingerprint density at radius 1 is 0.947 bits per heavy atom. The van der Waals surface area contributed by atoms with Crippen molar-refractivity contribution in [3.8, 4) is 0 Å². The summed E-state index contributed by atoms with van der Waals surface area (Å²) in [4.78, 5) is 3.96. The number of benzene rings is 1. The third-order valence-corrected chi connectivity index (χ3v) is 2.90. The molecule has 0 aliphatic rings. The Balaban J connectivity index is 1.74. The third-order valence-electron chi connectivity index (χ3n) is 2.90. The molecule has 0 unspecified atom stereocenters. The highest BCUT2D eigenvalue weighted by atomic mass is 19.3. The zero-order valence-corrected chi connectivity index (χ0v) is 10.5. The Bertz CT molecular complexity index is 483. The van der Waals surface area contributed by atoms with E-state index in [0.717, 1.165) is 18.5 Å². The minimum atomic E-state index is -2.39. The molecule has 4 heteroatoms. The van der Waals surface area contributed by atoms with Gasteiger partial charge in [0.25, 0.3) is 6.43 Å². The molecule has 0 aliphatic carbocycles. The number of nitrogens with zero attached hydrogens (tertiary/aromatic N) is 1. The van der Waals surface area contributed by atoms with Crippen molar-refractivity contribution < 1.29 is 8.78 Å². The molecular weight excluding hydrogens is 246 g/mol. The second-order valence-corrected chi connectivity index (χ2v) is 4.32. The summed E-state index contributed by atoms with van der Waals surface area (Å²) in [5.74, 6) is 0. The molecule has 0 fully saturated rings. The highest BCUT2D eigenvalue weighted by Crippen LogP contribution is 2.18. The Hall–Kier alpha value is -1.81. The topological polar surface area (TPSA) is 24.9 Å². The van der Waals surface area contributed by atoms with E-state index in [1.807, 2.05) is 12.1 Å². The van der Waals surface area contributed by atoms with Gasteiger partial charge in [-0.25, -0.2) is 8.78 Å². The van der Waals surface area contributed by atoms with Gasteiger partial charge in [-0.15, -0.1) is 0 Å². The van der Waals surface area contributed by atoms with E-state index >= 15 is 0 Å². The van der Waals surface area contributed by atoms with Crippen LogP contribution in [0, 0.1) is 0 Å². The van der Waals surface area contributed by atoms with Crippen LogP contribution < -0.4 is 5.32 Å². The largest absolute Gasteiger partial charge is 0.312 e. The zero-order valence-electron chi connectivity index (χ0n) is 10.5. The molecule has 0 spiro atoms. The maximum atomic E-state index is 12.4. The maximum absolute atomic E-state index is 12.4. The van der Waals surface area contributed by atoms with Crippen molar-refractivity contribution in [2.45, 2.75) is 19.4 Å². The number of aromatic nitrogens is 1. The minimum Gasteiger partial charge on any atom is -0.312 e. The minimum absolute atomic E-state index is 0.0699. The molecule has 100 valence electrons. The summed E-state index contributed by atoms with van der Waals surface area (Å²) < 4.78 is 24.7. The number of nitrogens with one attached hydrogen (secondary N) is 1. The summed E-state index contributed by atoms with van der Waals surface area (Å²) in [7, 11) is 0. The number of rotatable bonds is 6. The lowest BCUT2D eigenvalue weighted by atomic mass is 10.1. The molecule has 1 aromatic carbocycles. The molecule has 0 atom stereocenters. The van der Waals surface area contributed by atoms with Crippen molar-refractivity contribution in [2.75, 3.05) is 6.54 Å². The Morgan fingerprint density at radius 3 is 2.26 bits per heavy atom. The predicted molar refractivity (Wildman–Crippen MR) is 71.0 cm³/mol. The molecule has 1 aromatic heterocycles. The fourth-order valence-corrected chi connectivity index (χ4v) is 1.80. The molecule has 0 amide bonds. The van der Waals surface area contributed by atoms with Gasteiger partial charge in [0.05, 0.1) is 0 Å². The molecular formula is C15H16F2N2. The van der Waals surface area contributed by atoms with E-state index in [2.05, 4.69) is 10.3 Å². The molecule has 0 aliphatic heterocycles. The van der Waals surface area contributed by atoms with Crippen molar-refractivity contribution >= 4 is 0 Å². The Kier molecular flexibility index (Phi) is 4.98. The molecule has 0 saturated heterocycles. The van der Waals surface area contributed by atoms with E-state index in [4.69, 9.17) is 0 Å². The van der Waals surface area contributed by atoms with Crippen LogP contribution in [0.4, 0.5) is 8.78 Å². The Labute approximate surface area is 111 Å². The lowest BCUT2D eigenvalue weighted by Crippen LogP contribution is -2.16. The summed E-state index contributed by atoms with van der Waals surface area (Å²) in [6.07, 6.45) is 2.09. The second-order valence-electron chi connectivity index (χ2n) is 4.32. The molecule has 19 heavy (non-hydrogen) atoms. The van der Waals surface area contributed by atoms with Crippen molar-refractivity contribution in [1.82, 2.24) is 10.3 Å². The first-order valence-electron chi connectivity index (χ1n) is 6.22. The van der Waals surface area contributed by atoms with E-state index in [-0.39, 0.29) is 5.56 Å². The van der Waals surface area contributed by atoms with Gasteiger partial charge in [0.1, 0.15) is 0 Å². The third kappa shape index (κ3) is 4.41. The summed E-state index contributed by atoms with van der Waals surface area (Å²) in [6.45, 7) is 1.54. The lowest BCUT2D eigenvalue weighted by Gasteiger charge is -2.06. The molecule has 2 nitrogen and oxygen atoms in total. The van der Waals surface area contributed by atoms with E-state index in [9.17, 15) is 8.78 Å². The molecule has 2 aromatic rings. The van der Waals surface area contributed by atoms with Gasteiger partial charge in [-0.1, -0.05) is 24.3 Å². The average Bonchev–Trinajstić information content (AvgIpc) is 2.45. The fourth-order valence-electron chi connectivity index (χ4n) is 1.80. The van der Waals surface area contributed by atoms with Gasteiger partial charge < -0.3 is 5.32 Å². The highest BCUT2D eigenvalue weighted by molar-refractivity contribution is 5.23. The first-order chi connectivity index (χ1) is 9.25. The number of hydrogen-bond donors (Lipinski definition) is 1. The number of alkyl halides is 2. The van der Waals surface area contributed by atoms with Gasteiger partial charge in [0.15, 0.2) is 0 Å². The van der Waals surface area contributed by atoms with Gasteiger partial charge in [-0.2, -0.15) is 0 Å². The monoisotopic (exact) mass is 262 g/mol. The molecule has 0 saturated carbocycles. The second kappa shape index (κ2) is 6.95. The van der Waals surface area contributed by atoms with Crippen LogP contribution in [-0.4, -0.2) is 11.5 Å². The first-order valence-corrected chi connectivity index (χ1v) is 6.22. The van der Waals surface area contributed by atoms with Crippen LogP contribution in [0.15, 0.2) is 48.8 Å².